The number of ether oxygens (including phenoxy) is 1. The molecule has 0 bridgehead atoms. The molecule has 0 aliphatic carbocycles. The molecule has 6 heteroatoms. The van der Waals surface area contributed by atoms with Crippen LogP contribution < -0.4 is 10.1 Å². The van der Waals surface area contributed by atoms with Crippen molar-refractivity contribution in [1.82, 2.24) is 9.97 Å². The van der Waals surface area contributed by atoms with E-state index >= 15 is 0 Å². The van der Waals surface area contributed by atoms with E-state index in [1.807, 2.05) is 0 Å². The van der Waals surface area contributed by atoms with E-state index in [4.69, 9.17) is 4.74 Å². The summed E-state index contributed by atoms with van der Waals surface area (Å²) in [6.45, 7) is 1.66. The Balaban J connectivity index is 1.92. The van der Waals surface area contributed by atoms with Gasteiger partial charge in [0.25, 0.3) is 0 Å². The molecule has 1 aromatic carbocycles. The Morgan fingerprint density at radius 3 is 2.45 bits per heavy atom. The average Bonchev–Trinajstić information content (AvgIpc) is 2.46. The Bertz CT molecular complexity index is 594. The number of hydrogen-bond donors (Lipinski definition) is 1. The van der Waals surface area contributed by atoms with Gasteiger partial charge in [-0.15, -0.1) is 0 Å². The van der Waals surface area contributed by atoms with Crippen molar-refractivity contribution in [2.24, 2.45) is 0 Å². The van der Waals surface area contributed by atoms with Gasteiger partial charge in [0.05, 0.1) is 5.56 Å². The van der Waals surface area contributed by atoms with Crippen LogP contribution in [-0.2, 0) is 11.4 Å². The molecule has 0 fully saturated rings. The number of anilines is 1. The quantitative estimate of drug-likeness (QED) is 0.839. The third-order valence-electron chi connectivity index (χ3n) is 2.40. The molecule has 20 heavy (non-hydrogen) atoms. The van der Waals surface area contributed by atoms with E-state index in [0.717, 1.165) is 0 Å². The zero-order valence-electron chi connectivity index (χ0n) is 10.9. The molecule has 0 atom stereocenters. The number of nitrogens with zero attached hydrogens (tertiary/aromatic N) is 2. The van der Waals surface area contributed by atoms with Crippen LogP contribution in [0.4, 0.5) is 5.69 Å². The highest BCUT2D eigenvalue weighted by Gasteiger charge is 2.00. The van der Waals surface area contributed by atoms with Crippen LogP contribution in [0.1, 0.15) is 23.1 Å². The van der Waals surface area contributed by atoms with Gasteiger partial charge >= 0.3 is 0 Å². The Kier molecular flexibility index (Phi) is 4.39. The summed E-state index contributed by atoms with van der Waals surface area (Å²) in [6.07, 6.45) is 3.57. The largest absolute Gasteiger partial charge is 0.486 e. The minimum absolute atomic E-state index is 0.123. The van der Waals surface area contributed by atoms with E-state index in [2.05, 4.69) is 15.3 Å². The molecule has 0 radical (unpaired) electrons. The van der Waals surface area contributed by atoms with Crippen molar-refractivity contribution in [2.45, 2.75) is 13.5 Å². The number of amides is 1. The van der Waals surface area contributed by atoms with Gasteiger partial charge in [0.1, 0.15) is 12.4 Å². The van der Waals surface area contributed by atoms with Gasteiger partial charge in [0.2, 0.25) is 5.91 Å². The van der Waals surface area contributed by atoms with E-state index in [9.17, 15) is 9.59 Å². The fourth-order valence-corrected chi connectivity index (χ4v) is 1.49. The highest BCUT2D eigenvalue weighted by Crippen LogP contribution is 2.16. The second kappa shape index (κ2) is 6.42. The molecule has 0 saturated carbocycles. The van der Waals surface area contributed by atoms with Crippen molar-refractivity contribution in [1.29, 1.82) is 0 Å². The second-order valence-electron chi connectivity index (χ2n) is 4.04. The lowest BCUT2D eigenvalue weighted by Crippen LogP contribution is -2.05. The summed E-state index contributed by atoms with van der Waals surface area (Å²) >= 11 is 0. The van der Waals surface area contributed by atoms with Gasteiger partial charge in [-0.2, -0.15) is 0 Å². The van der Waals surface area contributed by atoms with E-state index < -0.39 is 0 Å². The topological polar surface area (TPSA) is 81.2 Å². The number of carbonyl (C=O) groups is 2. The predicted octanol–water partition coefficient (Wildman–Crippen LogP) is 1.83. The SMILES string of the molecule is CC(=O)Nc1ccc(OCc2ncc(C=O)cn2)cc1. The number of benzene rings is 1. The van der Waals surface area contributed by atoms with Crippen LogP contribution in [0.25, 0.3) is 0 Å². The summed E-state index contributed by atoms with van der Waals surface area (Å²) in [5.41, 5.74) is 1.13. The molecule has 1 aromatic heterocycles. The Morgan fingerprint density at radius 1 is 1.25 bits per heavy atom. The van der Waals surface area contributed by atoms with E-state index in [1.54, 1.807) is 24.3 Å². The number of carbonyl (C=O) groups excluding carboxylic acids is 2. The molecule has 1 heterocycles. The maximum Gasteiger partial charge on any atom is 0.221 e. The lowest BCUT2D eigenvalue weighted by molar-refractivity contribution is -0.114. The van der Waals surface area contributed by atoms with Gasteiger partial charge in [0, 0.05) is 25.0 Å². The summed E-state index contributed by atoms with van der Waals surface area (Å²) in [6, 6.07) is 6.97. The number of rotatable bonds is 5. The van der Waals surface area contributed by atoms with Gasteiger partial charge in [0.15, 0.2) is 12.1 Å². The lowest BCUT2D eigenvalue weighted by atomic mass is 10.3. The number of aromatic nitrogens is 2. The van der Waals surface area contributed by atoms with Crippen LogP contribution in [0.2, 0.25) is 0 Å². The van der Waals surface area contributed by atoms with E-state index in [-0.39, 0.29) is 12.5 Å². The average molecular weight is 271 g/mol. The number of hydrogen-bond acceptors (Lipinski definition) is 5. The number of aldehydes is 1. The third-order valence-corrected chi connectivity index (χ3v) is 2.40. The molecule has 0 saturated heterocycles. The molecule has 102 valence electrons. The second-order valence-corrected chi connectivity index (χ2v) is 4.04. The zero-order chi connectivity index (χ0) is 14.4. The van der Waals surface area contributed by atoms with Gasteiger partial charge < -0.3 is 10.1 Å². The van der Waals surface area contributed by atoms with Crippen LogP contribution >= 0.6 is 0 Å². The molecule has 1 N–H and O–H groups in total. The van der Waals surface area contributed by atoms with Crippen molar-refractivity contribution in [2.75, 3.05) is 5.32 Å². The summed E-state index contributed by atoms with van der Waals surface area (Å²) in [5, 5.41) is 2.67. The maximum absolute atomic E-state index is 10.9. The standard InChI is InChI=1S/C14H13N3O3/c1-10(19)17-12-2-4-13(5-3-12)20-9-14-15-6-11(8-18)7-16-14/h2-8H,9H2,1H3,(H,17,19). The monoisotopic (exact) mass is 271 g/mol. The first-order valence-corrected chi connectivity index (χ1v) is 5.94. The minimum atomic E-state index is -0.123. The highest BCUT2D eigenvalue weighted by atomic mass is 16.5. The van der Waals surface area contributed by atoms with Crippen LogP contribution in [0.3, 0.4) is 0 Å². The Hall–Kier alpha value is -2.76. The molecule has 1 amide bonds. The van der Waals surface area contributed by atoms with Crippen LogP contribution in [0.5, 0.6) is 5.75 Å². The summed E-state index contributed by atoms with van der Waals surface area (Å²) in [7, 11) is 0. The minimum Gasteiger partial charge on any atom is -0.486 e. The first kappa shape index (κ1) is 13.7. The van der Waals surface area contributed by atoms with Gasteiger partial charge in [-0.3, -0.25) is 9.59 Å². The van der Waals surface area contributed by atoms with Crippen molar-refractivity contribution in [3.8, 4) is 5.75 Å². The van der Waals surface area contributed by atoms with E-state index in [1.165, 1.54) is 19.3 Å². The molecule has 0 aliphatic heterocycles. The lowest BCUT2D eigenvalue weighted by Gasteiger charge is -2.06. The van der Waals surface area contributed by atoms with Crippen LogP contribution in [0.15, 0.2) is 36.7 Å². The van der Waals surface area contributed by atoms with Crippen molar-refractivity contribution in [3.05, 3.63) is 48.0 Å². The first-order valence-electron chi connectivity index (χ1n) is 5.94. The van der Waals surface area contributed by atoms with Crippen LogP contribution in [0, 0.1) is 0 Å². The van der Waals surface area contributed by atoms with E-state index in [0.29, 0.717) is 29.1 Å². The Morgan fingerprint density at radius 2 is 1.90 bits per heavy atom. The van der Waals surface area contributed by atoms with Gasteiger partial charge in [-0.1, -0.05) is 0 Å². The van der Waals surface area contributed by atoms with Gasteiger partial charge in [-0.05, 0) is 24.3 Å². The molecule has 0 spiro atoms. The Labute approximate surface area is 115 Å². The fourth-order valence-electron chi connectivity index (χ4n) is 1.49. The molecule has 0 unspecified atom stereocenters. The van der Waals surface area contributed by atoms with Gasteiger partial charge in [-0.25, -0.2) is 9.97 Å². The zero-order valence-corrected chi connectivity index (χ0v) is 10.9. The predicted molar refractivity (Wildman–Crippen MR) is 72.5 cm³/mol. The number of nitrogens with one attached hydrogen (secondary N) is 1. The summed E-state index contributed by atoms with van der Waals surface area (Å²) < 4.78 is 5.50. The smallest absolute Gasteiger partial charge is 0.221 e. The third kappa shape index (κ3) is 3.88. The molecular formula is C14H13N3O3. The molecule has 2 rings (SSSR count). The van der Waals surface area contributed by atoms with Crippen molar-refractivity contribution in [3.63, 3.8) is 0 Å². The molecule has 6 nitrogen and oxygen atoms in total. The van der Waals surface area contributed by atoms with Crippen molar-refractivity contribution < 1.29 is 14.3 Å². The molecule has 2 aromatic rings. The van der Waals surface area contributed by atoms with Crippen LogP contribution in [-0.4, -0.2) is 22.2 Å². The first-order chi connectivity index (χ1) is 9.67. The fraction of sp³-hybridized carbons (Fsp3) is 0.143. The van der Waals surface area contributed by atoms with Crippen molar-refractivity contribution >= 4 is 17.9 Å². The normalized spacial score (nSPS) is 9.85. The summed E-state index contributed by atoms with van der Waals surface area (Å²) in [5.74, 6) is 1.01. The highest BCUT2D eigenvalue weighted by molar-refractivity contribution is 5.88. The molecular weight excluding hydrogens is 258 g/mol. The maximum atomic E-state index is 10.9. The summed E-state index contributed by atoms with van der Waals surface area (Å²) in [4.78, 5) is 29.3. The molecule has 0 aliphatic rings.